The molecule has 0 spiro atoms. The molecule has 1 fully saturated rings. The lowest BCUT2D eigenvalue weighted by Crippen LogP contribution is -2.54. The van der Waals surface area contributed by atoms with Crippen molar-refractivity contribution in [3.8, 4) is 22.3 Å². The van der Waals surface area contributed by atoms with Crippen molar-refractivity contribution >= 4 is 11.4 Å². The molecule has 3 aliphatic rings. The molecular weight excluding hydrogens is 422 g/mol. The second-order valence-corrected chi connectivity index (χ2v) is 11.4. The van der Waals surface area contributed by atoms with E-state index in [1.165, 1.54) is 76.0 Å². The van der Waals surface area contributed by atoms with E-state index in [0.29, 0.717) is 0 Å². The standard InChI is InChI=1S/C34H33N/c1-23-19-26(24-15-16-30-27(20-24)21-25-11-7-8-14-29(25)30)22-31-32(23)35(28-12-5-4-6-13-28)34(3)18-10-9-17-33(31,34)2/h4-8,11-16,19-20,22H,9-10,17-18,21H2,1-3H3. The molecule has 0 amide bonds. The Bertz CT molecular complexity index is 1470. The monoisotopic (exact) mass is 455 g/mol. The van der Waals surface area contributed by atoms with Crippen LogP contribution in [0.25, 0.3) is 22.3 Å². The molecule has 2 aliphatic carbocycles. The molecule has 0 saturated heterocycles. The van der Waals surface area contributed by atoms with Crippen LogP contribution in [0.4, 0.5) is 11.4 Å². The molecule has 0 radical (unpaired) electrons. The van der Waals surface area contributed by atoms with Crippen molar-refractivity contribution in [1.29, 1.82) is 0 Å². The van der Waals surface area contributed by atoms with Crippen molar-refractivity contribution < 1.29 is 0 Å². The first-order valence-corrected chi connectivity index (χ1v) is 13.2. The van der Waals surface area contributed by atoms with Crippen LogP contribution in [-0.2, 0) is 11.8 Å². The van der Waals surface area contributed by atoms with Crippen LogP contribution >= 0.6 is 0 Å². The van der Waals surface area contributed by atoms with Crippen LogP contribution in [0.3, 0.4) is 0 Å². The Labute approximate surface area is 209 Å². The topological polar surface area (TPSA) is 3.24 Å². The van der Waals surface area contributed by atoms with Gasteiger partial charge in [-0.25, -0.2) is 0 Å². The molecule has 0 aromatic heterocycles. The van der Waals surface area contributed by atoms with Gasteiger partial charge in [-0.1, -0.05) is 80.4 Å². The summed E-state index contributed by atoms with van der Waals surface area (Å²) in [5, 5.41) is 0. The van der Waals surface area contributed by atoms with Crippen molar-refractivity contribution in [3.63, 3.8) is 0 Å². The number of hydrogen-bond acceptors (Lipinski definition) is 1. The minimum absolute atomic E-state index is 0.0951. The summed E-state index contributed by atoms with van der Waals surface area (Å²) in [6.07, 6.45) is 6.15. The van der Waals surface area contributed by atoms with Crippen LogP contribution in [0.15, 0.2) is 84.9 Å². The minimum atomic E-state index is 0.0951. The van der Waals surface area contributed by atoms with E-state index in [4.69, 9.17) is 0 Å². The Morgan fingerprint density at radius 1 is 0.686 bits per heavy atom. The zero-order valence-electron chi connectivity index (χ0n) is 21.1. The second-order valence-electron chi connectivity index (χ2n) is 11.4. The Morgan fingerprint density at radius 3 is 2.29 bits per heavy atom. The van der Waals surface area contributed by atoms with E-state index in [-0.39, 0.29) is 11.0 Å². The number of hydrogen-bond donors (Lipinski definition) is 0. The van der Waals surface area contributed by atoms with Crippen LogP contribution in [0.2, 0.25) is 0 Å². The molecule has 1 nitrogen and oxygen atoms in total. The maximum atomic E-state index is 2.69. The third-order valence-corrected chi connectivity index (χ3v) is 9.53. The van der Waals surface area contributed by atoms with Gasteiger partial charge in [0.05, 0.1) is 5.54 Å². The molecule has 35 heavy (non-hydrogen) atoms. The van der Waals surface area contributed by atoms with E-state index in [1.807, 2.05) is 0 Å². The smallest absolute Gasteiger partial charge is 0.0518 e. The van der Waals surface area contributed by atoms with Crippen LogP contribution < -0.4 is 4.90 Å². The molecule has 1 heteroatoms. The minimum Gasteiger partial charge on any atom is -0.334 e. The summed E-state index contributed by atoms with van der Waals surface area (Å²) in [4.78, 5) is 2.69. The predicted molar refractivity (Wildman–Crippen MR) is 148 cm³/mol. The van der Waals surface area contributed by atoms with Gasteiger partial charge in [0.25, 0.3) is 0 Å². The van der Waals surface area contributed by atoms with Gasteiger partial charge in [-0.3, -0.25) is 0 Å². The highest BCUT2D eigenvalue weighted by molar-refractivity contribution is 5.85. The first-order valence-electron chi connectivity index (χ1n) is 13.2. The number of benzene rings is 4. The van der Waals surface area contributed by atoms with Gasteiger partial charge in [0.1, 0.15) is 0 Å². The Kier molecular flexibility index (Phi) is 4.40. The number of para-hydroxylation sites is 1. The lowest BCUT2D eigenvalue weighted by Gasteiger charge is -2.50. The Morgan fingerprint density at radius 2 is 1.43 bits per heavy atom. The zero-order valence-corrected chi connectivity index (χ0v) is 21.1. The van der Waals surface area contributed by atoms with E-state index in [2.05, 4.69) is 111 Å². The summed E-state index contributed by atoms with van der Waals surface area (Å²) >= 11 is 0. The molecule has 7 rings (SSSR count). The third kappa shape index (κ3) is 2.82. The third-order valence-electron chi connectivity index (χ3n) is 9.53. The number of nitrogens with zero attached hydrogens (tertiary/aromatic N) is 1. The zero-order chi connectivity index (χ0) is 23.8. The molecule has 1 aliphatic heterocycles. The summed E-state index contributed by atoms with van der Waals surface area (Å²) < 4.78 is 0. The number of aryl methyl sites for hydroxylation is 1. The second kappa shape index (κ2) is 7.34. The van der Waals surface area contributed by atoms with Gasteiger partial charge in [-0.15, -0.1) is 0 Å². The van der Waals surface area contributed by atoms with E-state index in [9.17, 15) is 0 Å². The first-order chi connectivity index (χ1) is 17.0. The Balaban J connectivity index is 1.39. The SMILES string of the molecule is Cc1cc(-c2ccc3c(c2)Cc2ccccc2-3)cc2c1N(c1ccccc1)C1(C)CCCCC21C. The lowest BCUT2D eigenvalue weighted by atomic mass is 9.61. The molecule has 1 saturated carbocycles. The lowest BCUT2D eigenvalue weighted by molar-refractivity contribution is 0.195. The number of anilines is 2. The fraction of sp³-hybridized carbons (Fsp3) is 0.294. The Hall–Kier alpha value is -3.32. The molecule has 4 aromatic rings. The van der Waals surface area contributed by atoms with E-state index < -0.39 is 0 Å². The summed E-state index contributed by atoms with van der Waals surface area (Å²) in [6.45, 7) is 7.38. The summed E-state index contributed by atoms with van der Waals surface area (Å²) in [7, 11) is 0. The highest BCUT2D eigenvalue weighted by Gasteiger charge is 2.58. The quantitative estimate of drug-likeness (QED) is 0.257. The fourth-order valence-electron chi connectivity index (χ4n) is 7.50. The average Bonchev–Trinajstić information content (AvgIpc) is 3.35. The molecule has 1 heterocycles. The van der Waals surface area contributed by atoms with Gasteiger partial charge in [-0.05, 0) is 102 Å². The van der Waals surface area contributed by atoms with Crippen molar-refractivity contribution in [2.24, 2.45) is 0 Å². The van der Waals surface area contributed by atoms with Crippen molar-refractivity contribution in [2.45, 2.75) is 63.8 Å². The van der Waals surface area contributed by atoms with Gasteiger partial charge in [0.15, 0.2) is 0 Å². The first kappa shape index (κ1) is 21.0. The van der Waals surface area contributed by atoms with Gasteiger partial charge >= 0.3 is 0 Å². The number of rotatable bonds is 2. The molecule has 4 aromatic carbocycles. The van der Waals surface area contributed by atoms with Gasteiger partial charge in [-0.2, -0.15) is 0 Å². The van der Waals surface area contributed by atoms with Crippen LogP contribution in [0.5, 0.6) is 0 Å². The highest BCUT2D eigenvalue weighted by atomic mass is 15.3. The molecular formula is C34H33N. The average molecular weight is 456 g/mol. The predicted octanol–water partition coefficient (Wildman–Crippen LogP) is 8.98. The summed E-state index contributed by atoms with van der Waals surface area (Å²) in [6, 6.07) is 32.1. The normalized spacial score (nSPS) is 24.0. The fourth-order valence-corrected chi connectivity index (χ4v) is 7.50. The molecule has 2 atom stereocenters. The van der Waals surface area contributed by atoms with Crippen molar-refractivity contribution in [3.05, 3.63) is 107 Å². The van der Waals surface area contributed by atoms with Crippen molar-refractivity contribution in [2.75, 3.05) is 4.90 Å². The van der Waals surface area contributed by atoms with Gasteiger partial charge in [0.2, 0.25) is 0 Å². The van der Waals surface area contributed by atoms with E-state index >= 15 is 0 Å². The van der Waals surface area contributed by atoms with Crippen LogP contribution in [0.1, 0.15) is 61.8 Å². The maximum absolute atomic E-state index is 2.69. The van der Waals surface area contributed by atoms with Gasteiger partial charge < -0.3 is 4.90 Å². The largest absolute Gasteiger partial charge is 0.334 e. The van der Waals surface area contributed by atoms with Crippen molar-refractivity contribution in [1.82, 2.24) is 0 Å². The molecule has 0 bridgehead atoms. The summed E-state index contributed by atoms with van der Waals surface area (Å²) in [5.41, 5.74) is 14.4. The summed E-state index contributed by atoms with van der Waals surface area (Å²) in [5.74, 6) is 0. The molecule has 174 valence electrons. The maximum Gasteiger partial charge on any atom is 0.0518 e. The van der Waals surface area contributed by atoms with Gasteiger partial charge in [0, 0.05) is 16.8 Å². The molecule has 2 unspecified atom stereocenters. The van der Waals surface area contributed by atoms with E-state index in [0.717, 1.165) is 6.42 Å². The van der Waals surface area contributed by atoms with Crippen LogP contribution in [-0.4, -0.2) is 5.54 Å². The highest BCUT2D eigenvalue weighted by Crippen LogP contribution is 2.62. The number of fused-ring (bicyclic) bond motifs is 6. The van der Waals surface area contributed by atoms with E-state index in [1.54, 1.807) is 5.56 Å². The van der Waals surface area contributed by atoms with Crippen LogP contribution in [0, 0.1) is 6.92 Å². The molecule has 0 N–H and O–H groups in total.